The van der Waals surface area contributed by atoms with Crippen molar-refractivity contribution in [3.63, 3.8) is 0 Å². The predicted octanol–water partition coefficient (Wildman–Crippen LogP) is 1.81. The quantitative estimate of drug-likeness (QED) is 0.493. The summed E-state index contributed by atoms with van der Waals surface area (Å²) in [7, 11) is 1.43. The van der Waals surface area contributed by atoms with E-state index in [9.17, 15) is 14.4 Å². The van der Waals surface area contributed by atoms with Gasteiger partial charge >= 0.3 is 5.97 Å². The number of methoxy groups -OCH3 is 1. The molecule has 0 aromatic heterocycles. The van der Waals surface area contributed by atoms with E-state index in [1.54, 1.807) is 12.1 Å². The molecule has 1 aromatic rings. The number of rotatable bonds is 8. The number of aliphatic carboxylic acids is 1. The van der Waals surface area contributed by atoms with Crippen molar-refractivity contribution in [2.75, 3.05) is 12.9 Å². The fraction of sp³-hybridized carbons (Fsp3) is 0.357. The predicted molar refractivity (Wildman–Crippen MR) is 85.0 cm³/mol. The van der Waals surface area contributed by atoms with Crippen LogP contribution in [-0.4, -0.2) is 41.7 Å². The molecular weight excluding hydrogens is 330 g/mol. The molecule has 1 rings (SSSR count). The van der Waals surface area contributed by atoms with Crippen LogP contribution in [0.5, 0.6) is 5.75 Å². The van der Waals surface area contributed by atoms with Gasteiger partial charge in [0.2, 0.25) is 5.91 Å². The summed E-state index contributed by atoms with van der Waals surface area (Å²) < 4.78 is 5.07. The number of nitrogens with one attached hydrogen (secondary N) is 1. The Morgan fingerprint density at radius 2 is 2.05 bits per heavy atom. The summed E-state index contributed by atoms with van der Waals surface area (Å²) in [5, 5.41) is 11.5. The molecule has 1 amide bonds. The van der Waals surface area contributed by atoms with Gasteiger partial charge in [-0.3, -0.25) is 9.59 Å². The number of ether oxygens (including phenoxy) is 1. The van der Waals surface area contributed by atoms with Crippen LogP contribution >= 0.6 is 24.2 Å². The molecule has 8 heteroatoms. The molecule has 0 fully saturated rings. The maximum Gasteiger partial charge on any atom is 0.327 e. The van der Waals surface area contributed by atoms with Crippen LogP contribution in [0.1, 0.15) is 23.2 Å². The molecule has 0 radical (unpaired) electrons. The van der Waals surface area contributed by atoms with Crippen LogP contribution in [0.4, 0.5) is 0 Å². The van der Waals surface area contributed by atoms with Crippen molar-refractivity contribution >= 4 is 41.9 Å². The lowest BCUT2D eigenvalue weighted by molar-refractivity contribution is -0.141. The van der Waals surface area contributed by atoms with E-state index in [1.165, 1.54) is 13.2 Å². The summed E-state index contributed by atoms with van der Waals surface area (Å²) in [5.41, 5.74) is 0.284. The maximum atomic E-state index is 12.1. The normalized spacial score (nSPS) is 11.6. The van der Waals surface area contributed by atoms with Gasteiger partial charge in [0.25, 0.3) is 0 Å². The summed E-state index contributed by atoms with van der Waals surface area (Å²) in [6, 6.07) is 3.55. The minimum atomic E-state index is -1.17. The van der Waals surface area contributed by atoms with Gasteiger partial charge in [-0.25, -0.2) is 4.79 Å². The average molecular weight is 346 g/mol. The molecule has 1 atom stereocenters. The molecule has 0 aliphatic carbocycles. The summed E-state index contributed by atoms with van der Waals surface area (Å²) in [5.74, 6) is -1.68. The molecular formula is C14H16ClNO5S. The highest BCUT2D eigenvalue weighted by Gasteiger charge is 2.19. The van der Waals surface area contributed by atoms with Crippen LogP contribution in [0.3, 0.4) is 0 Å². The first-order valence-corrected chi connectivity index (χ1v) is 7.39. The molecule has 120 valence electrons. The minimum absolute atomic E-state index is 0.0306. The number of thiol groups is 1. The number of carbonyl (C=O) groups excluding carboxylic acids is 2. The van der Waals surface area contributed by atoms with Gasteiger partial charge in [-0.15, -0.1) is 0 Å². The molecule has 1 unspecified atom stereocenters. The number of hydrogen-bond acceptors (Lipinski definition) is 5. The Hall–Kier alpha value is -1.73. The molecule has 22 heavy (non-hydrogen) atoms. The first-order chi connectivity index (χ1) is 10.4. The second-order valence-corrected chi connectivity index (χ2v) is 5.21. The third-order valence-corrected chi connectivity index (χ3v) is 3.46. The topological polar surface area (TPSA) is 92.7 Å². The van der Waals surface area contributed by atoms with Crippen molar-refractivity contribution in [1.29, 1.82) is 0 Å². The zero-order valence-electron chi connectivity index (χ0n) is 11.8. The Morgan fingerprint density at radius 3 is 2.59 bits per heavy atom. The molecule has 0 aliphatic rings. The zero-order valence-corrected chi connectivity index (χ0v) is 13.5. The third-order valence-electron chi connectivity index (χ3n) is 2.86. The molecule has 2 N–H and O–H groups in total. The Balaban J connectivity index is 2.65. The smallest absolute Gasteiger partial charge is 0.327 e. The number of halogens is 1. The standard InChI is InChI=1S/C14H16ClNO5S/c1-21-12-4-2-8(15)6-9(12)11(17)3-5-13(18)16-10(7-22)14(19)20/h2,4,6,10,22H,3,5,7H2,1H3,(H,16,18)(H,19,20). The summed E-state index contributed by atoms with van der Waals surface area (Å²) in [4.78, 5) is 34.6. The minimum Gasteiger partial charge on any atom is -0.496 e. The number of carboxylic acids is 1. The first-order valence-electron chi connectivity index (χ1n) is 6.38. The highest BCUT2D eigenvalue weighted by Crippen LogP contribution is 2.24. The van der Waals surface area contributed by atoms with Crippen LogP contribution in [0, 0.1) is 0 Å². The highest BCUT2D eigenvalue weighted by atomic mass is 35.5. The average Bonchev–Trinajstić information content (AvgIpc) is 2.49. The lowest BCUT2D eigenvalue weighted by Gasteiger charge is -2.12. The van der Waals surface area contributed by atoms with Crippen LogP contribution in [-0.2, 0) is 9.59 Å². The van der Waals surface area contributed by atoms with Gasteiger partial charge in [0.05, 0.1) is 12.7 Å². The maximum absolute atomic E-state index is 12.1. The second kappa shape index (κ2) is 8.65. The van der Waals surface area contributed by atoms with Gasteiger partial charge < -0.3 is 15.2 Å². The monoisotopic (exact) mass is 345 g/mol. The lowest BCUT2D eigenvalue weighted by atomic mass is 10.1. The van der Waals surface area contributed by atoms with E-state index < -0.39 is 17.9 Å². The Morgan fingerprint density at radius 1 is 1.36 bits per heavy atom. The third kappa shape index (κ3) is 5.23. The SMILES string of the molecule is COc1ccc(Cl)cc1C(=O)CCC(=O)NC(CS)C(=O)O. The number of hydrogen-bond donors (Lipinski definition) is 3. The van der Waals surface area contributed by atoms with Gasteiger partial charge in [0, 0.05) is 23.6 Å². The van der Waals surface area contributed by atoms with Crippen molar-refractivity contribution in [3.05, 3.63) is 28.8 Å². The molecule has 0 aliphatic heterocycles. The van der Waals surface area contributed by atoms with E-state index in [1.807, 2.05) is 0 Å². The van der Waals surface area contributed by atoms with Crippen LogP contribution < -0.4 is 10.1 Å². The Kier molecular flexibility index (Phi) is 7.20. The van der Waals surface area contributed by atoms with E-state index in [-0.39, 0.29) is 29.9 Å². The summed E-state index contributed by atoms with van der Waals surface area (Å²) >= 11 is 9.68. The van der Waals surface area contributed by atoms with Crippen molar-refractivity contribution in [1.82, 2.24) is 5.32 Å². The molecule has 0 bridgehead atoms. The van der Waals surface area contributed by atoms with Gasteiger partial charge in [-0.1, -0.05) is 11.6 Å². The van der Waals surface area contributed by atoms with Crippen molar-refractivity contribution in [3.8, 4) is 5.75 Å². The van der Waals surface area contributed by atoms with Gasteiger partial charge in [-0.2, -0.15) is 12.6 Å². The van der Waals surface area contributed by atoms with E-state index in [0.29, 0.717) is 10.8 Å². The summed E-state index contributed by atoms with van der Waals surface area (Å²) in [6.45, 7) is 0. The van der Waals surface area contributed by atoms with Crippen LogP contribution in [0.15, 0.2) is 18.2 Å². The molecule has 1 aromatic carbocycles. The Bertz CT molecular complexity index is 578. The van der Waals surface area contributed by atoms with Crippen molar-refractivity contribution in [2.24, 2.45) is 0 Å². The number of amides is 1. The highest BCUT2D eigenvalue weighted by molar-refractivity contribution is 7.80. The van der Waals surface area contributed by atoms with Crippen LogP contribution in [0.25, 0.3) is 0 Å². The second-order valence-electron chi connectivity index (χ2n) is 4.41. The van der Waals surface area contributed by atoms with Crippen LogP contribution in [0.2, 0.25) is 5.02 Å². The number of carboxylic acid groups (broad SMARTS) is 1. The number of benzene rings is 1. The zero-order chi connectivity index (χ0) is 16.7. The van der Waals surface area contributed by atoms with Gasteiger partial charge in [0.1, 0.15) is 11.8 Å². The van der Waals surface area contributed by atoms with Crippen molar-refractivity contribution < 1.29 is 24.2 Å². The number of ketones is 1. The van der Waals surface area contributed by atoms with Gasteiger partial charge in [-0.05, 0) is 18.2 Å². The van der Waals surface area contributed by atoms with E-state index in [0.717, 1.165) is 0 Å². The number of Topliss-reactive ketones (excluding diaryl/α,β-unsaturated/α-hetero) is 1. The largest absolute Gasteiger partial charge is 0.496 e. The van der Waals surface area contributed by atoms with Gasteiger partial charge in [0.15, 0.2) is 5.78 Å². The summed E-state index contributed by atoms with van der Waals surface area (Å²) in [6.07, 6.45) is -0.215. The molecule has 0 heterocycles. The number of carbonyl (C=O) groups is 3. The molecule has 0 spiro atoms. The molecule has 6 nitrogen and oxygen atoms in total. The molecule has 0 saturated heterocycles. The Labute approximate surface area is 138 Å². The lowest BCUT2D eigenvalue weighted by Crippen LogP contribution is -2.42. The van der Waals surface area contributed by atoms with E-state index >= 15 is 0 Å². The molecule has 0 saturated carbocycles. The fourth-order valence-corrected chi connectivity index (χ4v) is 2.13. The van der Waals surface area contributed by atoms with Crippen molar-refractivity contribution in [2.45, 2.75) is 18.9 Å². The first kappa shape index (κ1) is 18.3. The van der Waals surface area contributed by atoms with E-state index in [4.69, 9.17) is 21.4 Å². The van der Waals surface area contributed by atoms with E-state index in [2.05, 4.69) is 17.9 Å². The fourth-order valence-electron chi connectivity index (χ4n) is 1.71.